The summed E-state index contributed by atoms with van der Waals surface area (Å²) in [7, 11) is 0. The maximum absolute atomic E-state index is 6.72. The molecule has 0 saturated carbocycles. The fraction of sp³-hybridized carbons (Fsp3) is 0.364. The molecule has 3 heterocycles. The van der Waals surface area contributed by atoms with Gasteiger partial charge in [-0.3, -0.25) is 4.57 Å². The molecule has 0 N–H and O–H groups in total. The molecule has 0 amide bonds. The number of hydrogen-bond donors (Lipinski definition) is 0. The Labute approximate surface area is 291 Å². The minimum Gasteiger partial charge on any atom is -0.457 e. The van der Waals surface area contributed by atoms with Gasteiger partial charge < -0.3 is 4.74 Å². The number of fused-ring (bicyclic) bond motifs is 3. The normalized spacial score (nSPS) is 16.4. The van der Waals surface area contributed by atoms with Crippen molar-refractivity contribution in [3.8, 4) is 23.0 Å². The van der Waals surface area contributed by atoms with E-state index in [0.717, 1.165) is 71.7 Å². The molecule has 1 aliphatic rings. The van der Waals surface area contributed by atoms with Crippen LogP contribution in [0.3, 0.4) is 0 Å². The number of benzene rings is 3. The van der Waals surface area contributed by atoms with E-state index in [1.54, 1.807) is 5.57 Å². The van der Waals surface area contributed by atoms with E-state index in [9.17, 15) is 0 Å². The molecular weight excluding hydrogens is 601 g/mol. The van der Waals surface area contributed by atoms with Crippen LogP contribution in [0.5, 0.6) is 11.5 Å². The second kappa shape index (κ2) is 14.1. The number of aryl methyl sites for hydroxylation is 3. The summed E-state index contributed by atoms with van der Waals surface area (Å²) >= 11 is 0. The van der Waals surface area contributed by atoms with E-state index in [0.29, 0.717) is 11.8 Å². The highest BCUT2D eigenvalue weighted by Gasteiger charge is 2.33. The van der Waals surface area contributed by atoms with E-state index < -0.39 is 0 Å². The molecule has 1 unspecified atom stereocenters. The summed E-state index contributed by atoms with van der Waals surface area (Å²) < 4.78 is 11.2. The van der Waals surface area contributed by atoms with E-state index in [1.165, 1.54) is 52.5 Å². The van der Waals surface area contributed by atoms with Crippen LogP contribution >= 0.6 is 0 Å². The molecule has 5 nitrogen and oxygen atoms in total. The molecule has 6 aromatic rings. The Morgan fingerprint density at radius 2 is 1.65 bits per heavy atom. The Morgan fingerprint density at radius 1 is 0.816 bits per heavy atom. The zero-order valence-electron chi connectivity index (χ0n) is 30.1. The zero-order chi connectivity index (χ0) is 34.1. The molecule has 1 aliphatic carbocycles. The highest BCUT2D eigenvalue weighted by atomic mass is 16.5. The van der Waals surface area contributed by atoms with Crippen molar-refractivity contribution in [2.24, 2.45) is 5.92 Å². The smallest absolute Gasteiger partial charge is 0.137 e. The number of ether oxygens (including phenoxy) is 1. The summed E-state index contributed by atoms with van der Waals surface area (Å²) in [6, 6.07) is 25.9. The van der Waals surface area contributed by atoms with Gasteiger partial charge in [0.05, 0.1) is 22.4 Å². The van der Waals surface area contributed by atoms with Gasteiger partial charge in [-0.25, -0.2) is 9.67 Å². The number of pyridine rings is 1. The van der Waals surface area contributed by atoms with Gasteiger partial charge in [0.1, 0.15) is 17.3 Å². The van der Waals surface area contributed by atoms with E-state index in [-0.39, 0.29) is 0 Å². The molecule has 3 aromatic carbocycles. The van der Waals surface area contributed by atoms with Crippen LogP contribution in [0.1, 0.15) is 101 Å². The topological polar surface area (TPSA) is 44.9 Å². The molecule has 7 rings (SSSR count). The first-order chi connectivity index (χ1) is 24.0. The lowest BCUT2D eigenvalue weighted by Gasteiger charge is -2.33. The van der Waals surface area contributed by atoms with Gasteiger partial charge in [-0.2, -0.15) is 5.10 Å². The molecular formula is C44H50N4O. The quantitative estimate of drug-likeness (QED) is 0.131. The predicted molar refractivity (Wildman–Crippen MR) is 204 cm³/mol. The molecule has 0 spiro atoms. The van der Waals surface area contributed by atoms with E-state index >= 15 is 0 Å². The SMILES string of the molecule is CCCc1ccnc(-n2c3ccccc3c3ccc(Oc4cc(C)cc(-n5nc(CC)c(C6C(CC)=CCC[C@@H]6CC)c5CC)c4)cc32)c1. The minimum absolute atomic E-state index is 0.457. The highest BCUT2D eigenvalue weighted by molar-refractivity contribution is 6.09. The lowest BCUT2D eigenvalue weighted by molar-refractivity contribution is 0.392. The number of para-hydroxylation sites is 1. The maximum atomic E-state index is 6.72. The average molecular weight is 651 g/mol. The summed E-state index contributed by atoms with van der Waals surface area (Å²) in [5, 5.41) is 7.72. The van der Waals surface area contributed by atoms with E-state index in [2.05, 4.69) is 130 Å². The molecule has 3 aromatic heterocycles. The second-order valence-electron chi connectivity index (χ2n) is 13.7. The Balaban J connectivity index is 1.30. The molecule has 0 bridgehead atoms. The molecule has 252 valence electrons. The van der Waals surface area contributed by atoms with Gasteiger partial charge in [-0.1, -0.05) is 77.3 Å². The maximum Gasteiger partial charge on any atom is 0.137 e. The highest BCUT2D eigenvalue weighted by Crippen LogP contribution is 2.45. The third kappa shape index (κ3) is 6.09. The first kappa shape index (κ1) is 32.9. The van der Waals surface area contributed by atoms with Crippen molar-refractivity contribution >= 4 is 21.8 Å². The largest absolute Gasteiger partial charge is 0.457 e. The average Bonchev–Trinajstić information content (AvgIpc) is 3.66. The van der Waals surface area contributed by atoms with Crippen molar-refractivity contribution in [1.82, 2.24) is 19.3 Å². The molecule has 5 heteroatoms. The van der Waals surface area contributed by atoms with Crippen molar-refractivity contribution in [1.29, 1.82) is 0 Å². The van der Waals surface area contributed by atoms with Crippen LogP contribution in [0.15, 0.2) is 90.6 Å². The summed E-state index contributed by atoms with van der Waals surface area (Å²) in [6.07, 6.45) is 13.2. The minimum atomic E-state index is 0.457. The molecule has 0 fully saturated rings. The number of allylic oxidation sites excluding steroid dienone is 2. The van der Waals surface area contributed by atoms with Gasteiger partial charge in [0, 0.05) is 46.3 Å². The number of aromatic nitrogens is 4. The van der Waals surface area contributed by atoms with Crippen LogP contribution in [0, 0.1) is 12.8 Å². The van der Waals surface area contributed by atoms with E-state index in [1.807, 2.05) is 6.20 Å². The van der Waals surface area contributed by atoms with Gasteiger partial charge in [0.15, 0.2) is 0 Å². The molecule has 2 atom stereocenters. The Hall–Kier alpha value is -4.64. The van der Waals surface area contributed by atoms with Crippen molar-refractivity contribution < 1.29 is 4.74 Å². The fourth-order valence-electron chi connectivity index (χ4n) is 8.33. The van der Waals surface area contributed by atoms with Crippen LogP contribution in [0.4, 0.5) is 0 Å². The van der Waals surface area contributed by atoms with Crippen LogP contribution in [-0.4, -0.2) is 19.3 Å². The summed E-state index contributed by atoms with van der Waals surface area (Å²) in [4.78, 5) is 4.83. The van der Waals surface area contributed by atoms with Gasteiger partial charge in [-0.05, 0) is 105 Å². The number of nitrogens with zero attached hydrogens (tertiary/aromatic N) is 4. The Morgan fingerprint density at radius 3 is 2.43 bits per heavy atom. The summed E-state index contributed by atoms with van der Waals surface area (Å²) in [5.41, 5.74) is 11.4. The lowest BCUT2D eigenvalue weighted by Crippen LogP contribution is -2.20. The Bertz CT molecular complexity index is 2150. The van der Waals surface area contributed by atoms with Gasteiger partial charge in [0.2, 0.25) is 0 Å². The van der Waals surface area contributed by atoms with Crippen LogP contribution in [0.2, 0.25) is 0 Å². The first-order valence-electron chi connectivity index (χ1n) is 18.6. The van der Waals surface area contributed by atoms with Crippen LogP contribution in [-0.2, 0) is 19.3 Å². The lowest BCUT2D eigenvalue weighted by atomic mass is 9.71. The van der Waals surface area contributed by atoms with Crippen molar-refractivity contribution in [3.63, 3.8) is 0 Å². The third-order valence-corrected chi connectivity index (χ3v) is 10.6. The first-order valence-corrected chi connectivity index (χ1v) is 18.6. The fourth-order valence-corrected chi connectivity index (χ4v) is 8.33. The number of hydrogen-bond acceptors (Lipinski definition) is 3. The molecule has 0 radical (unpaired) electrons. The molecule has 0 aliphatic heterocycles. The summed E-state index contributed by atoms with van der Waals surface area (Å²) in [5.74, 6) is 3.67. The third-order valence-electron chi connectivity index (χ3n) is 10.6. The predicted octanol–water partition coefficient (Wildman–Crippen LogP) is 11.8. The Kier molecular flexibility index (Phi) is 9.44. The molecule has 0 saturated heterocycles. The van der Waals surface area contributed by atoms with E-state index in [4.69, 9.17) is 14.8 Å². The second-order valence-corrected chi connectivity index (χ2v) is 13.7. The van der Waals surface area contributed by atoms with Gasteiger partial charge >= 0.3 is 0 Å². The van der Waals surface area contributed by atoms with Crippen molar-refractivity contribution in [2.75, 3.05) is 0 Å². The zero-order valence-corrected chi connectivity index (χ0v) is 30.1. The number of rotatable bonds is 11. The van der Waals surface area contributed by atoms with Crippen molar-refractivity contribution in [3.05, 3.63) is 119 Å². The van der Waals surface area contributed by atoms with Gasteiger partial charge in [0.25, 0.3) is 0 Å². The van der Waals surface area contributed by atoms with Crippen LogP contribution < -0.4 is 4.74 Å². The monoisotopic (exact) mass is 650 g/mol. The standard InChI is InChI=1S/C44H50N4O/c1-7-15-30-22-23-45-42(26-30)47-40-19-13-12-18-36(40)37-21-20-34(28-41(37)47)49-35-25-29(6)24-33(27-35)48-39(11-5)44(38(10-4)46-48)43-31(8-2)16-14-17-32(43)9-3/h12-13,16,18-28,32,43H,7-11,14-15,17H2,1-6H3/t32-,43?/m0/s1. The summed E-state index contributed by atoms with van der Waals surface area (Å²) in [6.45, 7) is 13.6. The van der Waals surface area contributed by atoms with Crippen molar-refractivity contribution in [2.45, 2.75) is 98.8 Å². The molecule has 49 heavy (non-hydrogen) atoms. The van der Waals surface area contributed by atoms with Gasteiger partial charge in [-0.15, -0.1) is 0 Å². The van der Waals surface area contributed by atoms with Crippen LogP contribution in [0.25, 0.3) is 33.3 Å².